The molecule has 0 saturated heterocycles. The van der Waals surface area contributed by atoms with Crippen LogP contribution in [0, 0.1) is 11.3 Å². The number of amides is 2. The van der Waals surface area contributed by atoms with Gasteiger partial charge in [-0.3, -0.25) is 14.3 Å². The van der Waals surface area contributed by atoms with Crippen molar-refractivity contribution >= 4 is 17.5 Å². The van der Waals surface area contributed by atoms with Crippen molar-refractivity contribution in [3.05, 3.63) is 108 Å². The smallest absolute Gasteiger partial charge is 0.227 e. The molecule has 2 amide bonds. The van der Waals surface area contributed by atoms with Crippen molar-refractivity contribution in [2.45, 2.75) is 32.4 Å². The zero-order chi connectivity index (χ0) is 25.9. The molecule has 1 N–H and O–H groups in total. The van der Waals surface area contributed by atoms with Gasteiger partial charge in [0.15, 0.2) is 0 Å². The minimum atomic E-state index is -0.212. The van der Waals surface area contributed by atoms with Gasteiger partial charge in [0, 0.05) is 48.9 Å². The average molecular weight is 492 g/mol. The quantitative estimate of drug-likeness (QED) is 0.322. The van der Waals surface area contributed by atoms with Gasteiger partial charge in [-0.15, -0.1) is 0 Å². The van der Waals surface area contributed by atoms with E-state index in [2.05, 4.69) is 23.5 Å². The van der Waals surface area contributed by atoms with Crippen molar-refractivity contribution in [3.8, 4) is 17.3 Å². The third-order valence-electron chi connectivity index (χ3n) is 5.93. The molecule has 1 heterocycles. The number of nitrogens with one attached hydrogen (secondary N) is 1. The Morgan fingerprint density at radius 1 is 0.892 bits per heavy atom. The van der Waals surface area contributed by atoms with E-state index in [0.717, 1.165) is 28.1 Å². The van der Waals surface area contributed by atoms with E-state index in [0.29, 0.717) is 19.6 Å². The Morgan fingerprint density at radius 2 is 1.54 bits per heavy atom. The van der Waals surface area contributed by atoms with Gasteiger partial charge in [0.25, 0.3) is 0 Å². The van der Waals surface area contributed by atoms with E-state index in [9.17, 15) is 9.59 Å². The van der Waals surface area contributed by atoms with Crippen LogP contribution in [0.25, 0.3) is 11.3 Å². The van der Waals surface area contributed by atoms with E-state index in [1.165, 1.54) is 0 Å². The second-order valence-electron chi connectivity index (χ2n) is 8.62. The monoisotopic (exact) mass is 491 g/mol. The SMILES string of the molecule is N#CCCN(C(=O)CCC(=O)NCc1cn(Cc2ccccc2)nc1-c1ccccc1)c1ccccc1. The Kier molecular flexibility index (Phi) is 8.82. The van der Waals surface area contributed by atoms with Gasteiger partial charge in [0.1, 0.15) is 0 Å². The van der Waals surface area contributed by atoms with Gasteiger partial charge in [0.2, 0.25) is 11.8 Å². The molecule has 7 heteroatoms. The lowest BCUT2D eigenvalue weighted by Crippen LogP contribution is -2.33. The first-order chi connectivity index (χ1) is 18.1. The maximum atomic E-state index is 12.9. The molecule has 37 heavy (non-hydrogen) atoms. The molecule has 0 bridgehead atoms. The second kappa shape index (κ2) is 12.8. The van der Waals surface area contributed by atoms with Crippen LogP contribution >= 0.6 is 0 Å². The Labute approximate surface area is 217 Å². The van der Waals surface area contributed by atoms with Crippen LogP contribution in [-0.2, 0) is 22.7 Å². The number of hydrogen-bond donors (Lipinski definition) is 1. The predicted molar refractivity (Wildman–Crippen MR) is 143 cm³/mol. The fraction of sp³-hybridized carbons (Fsp3) is 0.200. The minimum absolute atomic E-state index is 0.0605. The summed E-state index contributed by atoms with van der Waals surface area (Å²) in [5.74, 6) is -0.395. The van der Waals surface area contributed by atoms with E-state index in [-0.39, 0.29) is 31.1 Å². The van der Waals surface area contributed by atoms with E-state index in [1.54, 1.807) is 4.90 Å². The zero-order valence-electron chi connectivity index (χ0n) is 20.6. The summed E-state index contributed by atoms with van der Waals surface area (Å²) in [6.45, 7) is 1.23. The molecule has 7 nitrogen and oxygen atoms in total. The average Bonchev–Trinajstić information content (AvgIpc) is 3.35. The number of benzene rings is 3. The molecule has 0 spiro atoms. The van der Waals surface area contributed by atoms with Gasteiger partial charge >= 0.3 is 0 Å². The van der Waals surface area contributed by atoms with E-state index in [1.807, 2.05) is 89.7 Å². The predicted octanol–water partition coefficient (Wildman–Crippen LogP) is 4.94. The maximum absolute atomic E-state index is 12.9. The second-order valence-corrected chi connectivity index (χ2v) is 8.62. The van der Waals surface area contributed by atoms with Crippen LogP contribution in [0.4, 0.5) is 5.69 Å². The molecule has 1 aromatic heterocycles. The molecule has 0 atom stereocenters. The van der Waals surface area contributed by atoms with Crippen molar-refractivity contribution in [1.29, 1.82) is 5.26 Å². The number of anilines is 1. The van der Waals surface area contributed by atoms with Gasteiger partial charge < -0.3 is 10.2 Å². The third-order valence-corrected chi connectivity index (χ3v) is 5.93. The summed E-state index contributed by atoms with van der Waals surface area (Å²) in [6, 6.07) is 31.3. The first-order valence-electron chi connectivity index (χ1n) is 12.3. The summed E-state index contributed by atoms with van der Waals surface area (Å²) in [6.07, 6.45) is 2.31. The highest BCUT2D eigenvalue weighted by Crippen LogP contribution is 2.22. The fourth-order valence-electron chi connectivity index (χ4n) is 4.09. The number of rotatable bonds is 11. The lowest BCUT2D eigenvalue weighted by molar-refractivity contribution is -0.125. The van der Waals surface area contributed by atoms with Gasteiger partial charge in [-0.2, -0.15) is 10.4 Å². The molecular weight excluding hydrogens is 462 g/mol. The van der Waals surface area contributed by atoms with Gasteiger partial charge in [0.05, 0.1) is 24.7 Å². The highest BCUT2D eigenvalue weighted by molar-refractivity contribution is 5.95. The van der Waals surface area contributed by atoms with Crippen LogP contribution in [0.2, 0.25) is 0 Å². The summed E-state index contributed by atoms with van der Waals surface area (Å²) in [4.78, 5) is 27.1. The van der Waals surface area contributed by atoms with Crippen molar-refractivity contribution in [1.82, 2.24) is 15.1 Å². The Bertz CT molecular complexity index is 1350. The molecule has 0 aliphatic rings. The fourth-order valence-corrected chi connectivity index (χ4v) is 4.09. The molecule has 3 aromatic carbocycles. The van der Waals surface area contributed by atoms with Crippen LogP contribution < -0.4 is 10.2 Å². The van der Waals surface area contributed by atoms with Crippen molar-refractivity contribution < 1.29 is 9.59 Å². The number of hydrogen-bond acceptors (Lipinski definition) is 4. The summed E-state index contributed by atoms with van der Waals surface area (Å²) in [5.41, 5.74) is 4.56. The lowest BCUT2D eigenvalue weighted by atomic mass is 10.1. The number of nitrogens with zero attached hydrogens (tertiary/aromatic N) is 4. The van der Waals surface area contributed by atoms with Crippen LogP contribution in [0.5, 0.6) is 0 Å². The standard InChI is InChI=1S/C30H29N5O2/c31-19-10-20-35(27-15-8-3-9-16-27)29(37)18-17-28(36)32-21-26-23-34(22-24-11-4-1-5-12-24)33-30(26)25-13-6-2-7-14-25/h1-9,11-16,23H,10,17-18,20-22H2,(H,32,36). The van der Waals surface area contributed by atoms with E-state index < -0.39 is 0 Å². The van der Waals surface area contributed by atoms with E-state index in [4.69, 9.17) is 10.4 Å². The first kappa shape index (κ1) is 25.4. The molecule has 0 radical (unpaired) electrons. The molecule has 186 valence electrons. The zero-order valence-corrected chi connectivity index (χ0v) is 20.6. The largest absolute Gasteiger partial charge is 0.352 e. The number of aromatic nitrogens is 2. The van der Waals surface area contributed by atoms with Gasteiger partial charge in [-0.25, -0.2) is 0 Å². The number of carbonyl (C=O) groups is 2. The maximum Gasteiger partial charge on any atom is 0.227 e. The van der Waals surface area contributed by atoms with Crippen molar-refractivity contribution in [2.75, 3.05) is 11.4 Å². The van der Waals surface area contributed by atoms with Crippen LogP contribution in [0.3, 0.4) is 0 Å². The van der Waals surface area contributed by atoms with E-state index >= 15 is 0 Å². The summed E-state index contributed by atoms with van der Waals surface area (Å²) in [5, 5.41) is 16.7. The molecule has 0 aliphatic carbocycles. The minimum Gasteiger partial charge on any atom is -0.352 e. The summed E-state index contributed by atoms with van der Waals surface area (Å²) >= 11 is 0. The highest BCUT2D eigenvalue weighted by atomic mass is 16.2. The van der Waals surface area contributed by atoms with Crippen molar-refractivity contribution in [3.63, 3.8) is 0 Å². The van der Waals surface area contributed by atoms with Gasteiger partial charge in [-0.1, -0.05) is 78.9 Å². The van der Waals surface area contributed by atoms with Crippen molar-refractivity contribution in [2.24, 2.45) is 0 Å². The molecule has 0 unspecified atom stereocenters. The summed E-state index contributed by atoms with van der Waals surface area (Å²) < 4.78 is 1.88. The summed E-state index contributed by atoms with van der Waals surface area (Å²) in [7, 11) is 0. The highest BCUT2D eigenvalue weighted by Gasteiger charge is 2.17. The van der Waals surface area contributed by atoms with Crippen LogP contribution in [0.1, 0.15) is 30.4 Å². The molecule has 4 aromatic rings. The molecular formula is C30H29N5O2. The van der Waals surface area contributed by atoms with Crippen LogP contribution in [-0.4, -0.2) is 28.1 Å². The topological polar surface area (TPSA) is 91.0 Å². The van der Waals surface area contributed by atoms with Gasteiger partial charge in [-0.05, 0) is 17.7 Å². The molecule has 0 aliphatic heterocycles. The number of nitriles is 1. The lowest BCUT2D eigenvalue weighted by Gasteiger charge is -2.21. The number of carbonyl (C=O) groups excluding carboxylic acids is 2. The number of para-hydroxylation sites is 1. The third kappa shape index (κ3) is 7.15. The Morgan fingerprint density at radius 3 is 2.22 bits per heavy atom. The molecule has 4 rings (SSSR count). The Balaban J connectivity index is 1.40. The van der Waals surface area contributed by atoms with Crippen LogP contribution in [0.15, 0.2) is 97.2 Å². The Hall–Kier alpha value is -4.70. The first-order valence-corrected chi connectivity index (χ1v) is 12.3. The normalized spacial score (nSPS) is 10.5. The molecule has 0 saturated carbocycles. The molecule has 0 fully saturated rings.